The molecule has 8 heteroatoms. The van der Waals surface area contributed by atoms with E-state index in [1.807, 2.05) is 37.4 Å². The number of aliphatic imine (C=N–C) groups is 1. The van der Waals surface area contributed by atoms with Crippen LogP contribution in [0.5, 0.6) is 11.5 Å². The van der Waals surface area contributed by atoms with Crippen LogP contribution in [0.15, 0.2) is 46.0 Å². The molecule has 7 nitrogen and oxygen atoms in total. The predicted molar refractivity (Wildman–Crippen MR) is 125 cm³/mol. The van der Waals surface area contributed by atoms with Gasteiger partial charge in [-0.25, -0.2) is 0 Å². The average Bonchev–Trinajstić information content (AvgIpc) is 3.23. The minimum atomic E-state index is 0. The lowest BCUT2D eigenvalue weighted by atomic mass is 10.2. The summed E-state index contributed by atoms with van der Waals surface area (Å²) in [6, 6.07) is 9.61. The summed E-state index contributed by atoms with van der Waals surface area (Å²) in [5.74, 6) is 3.27. The summed E-state index contributed by atoms with van der Waals surface area (Å²) in [5.41, 5.74) is 1.07. The summed E-state index contributed by atoms with van der Waals surface area (Å²) < 4.78 is 21.6. The van der Waals surface area contributed by atoms with Crippen molar-refractivity contribution in [2.75, 3.05) is 41.0 Å². The summed E-state index contributed by atoms with van der Waals surface area (Å²) in [6.07, 6.45) is 2.49. The molecule has 2 aromatic rings. The largest absolute Gasteiger partial charge is 0.497 e. The van der Waals surface area contributed by atoms with Gasteiger partial charge in [-0.05, 0) is 37.6 Å². The zero-order valence-corrected chi connectivity index (χ0v) is 20.0. The van der Waals surface area contributed by atoms with Gasteiger partial charge >= 0.3 is 0 Å². The van der Waals surface area contributed by atoms with E-state index in [4.69, 9.17) is 23.6 Å². The molecule has 0 fully saturated rings. The molecule has 0 spiro atoms. The maximum Gasteiger partial charge on any atom is 0.193 e. The van der Waals surface area contributed by atoms with Gasteiger partial charge in [0.2, 0.25) is 0 Å². The SMILES string of the molecule is CCNC(=NCCCOCc1ccco1)N(C)Cc1ccc(OC)cc1OC.I. The zero-order valence-electron chi connectivity index (χ0n) is 17.6. The third-order valence-electron chi connectivity index (χ3n) is 4.13. The van der Waals surface area contributed by atoms with Crippen molar-refractivity contribution in [3.8, 4) is 11.5 Å². The first kappa shape index (κ1) is 25.1. The number of nitrogens with zero attached hydrogens (tertiary/aromatic N) is 2. The molecule has 0 aliphatic carbocycles. The highest BCUT2D eigenvalue weighted by atomic mass is 127. The molecular formula is C21H32IN3O4. The van der Waals surface area contributed by atoms with Crippen molar-refractivity contribution in [3.05, 3.63) is 47.9 Å². The van der Waals surface area contributed by atoms with Crippen LogP contribution in [0.4, 0.5) is 0 Å². The Morgan fingerprint density at radius 2 is 2.03 bits per heavy atom. The molecule has 0 unspecified atom stereocenters. The van der Waals surface area contributed by atoms with Crippen LogP contribution in [-0.2, 0) is 17.9 Å². The average molecular weight is 517 g/mol. The van der Waals surface area contributed by atoms with Crippen molar-refractivity contribution < 1.29 is 18.6 Å². The lowest BCUT2D eigenvalue weighted by Crippen LogP contribution is -2.38. The highest BCUT2D eigenvalue weighted by molar-refractivity contribution is 14.0. The van der Waals surface area contributed by atoms with Crippen LogP contribution in [0.3, 0.4) is 0 Å². The second kappa shape index (κ2) is 14.1. The Balaban J connectivity index is 0.00000420. The smallest absolute Gasteiger partial charge is 0.193 e. The molecule has 0 radical (unpaired) electrons. The summed E-state index contributed by atoms with van der Waals surface area (Å²) in [6.45, 7) is 5.36. The van der Waals surface area contributed by atoms with Crippen molar-refractivity contribution in [3.63, 3.8) is 0 Å². The summed E-state index contributed by atoms with van der Waals surface area (Å²) in [4.78, 5) is 6.78. The Morgan fingerprint density at radius 1 is 1.21 bits per heavy atom. The molecule has 29 heavy (non-hydrogen) atoms. The Morgan fingerprint density at radius 3 is 2.69 bits per heavy atom. The van der Waals surface area contributed by atoms with Crippen LogP contribution in [0.1, 0.15) is 24.7 Å². The van der Waals surface area contributed by atoms with Crippen LogP contribution < -0.4 is 14.8 Å². The predicted octanol–water partition coefficient (Wildman–Crippen LogP) is 3.92. The van der Waals surface area contributed by atoms with E-state index >= 15 is 0 Å². The molecule has 2 rings (SSSR count). The molecule has 1 heterocycles. The van der Waals surface area contributed by atoms with Crippen LogP contribution in [0.25, 0.3) is 0 Å². The quantitative estimate of drug-likeness (QED) is 0.211. The van der Waals surface area contributed by atoms with Gasteiger partial charge in [-0.15, -0.1) is 24.0 Å². The normalized spacial score (nSPS) is 11.0. The fraction of sp³-hybridized carbons (Fsp3) is 0.476. The summed E-state index contributed by atoms with van der Waals surface area (Å²) >= 11 is 0. The fourth-order valence-corrected chi connectivity index (χ4v) is 2.70. The zero-order chi connectivity index (χ0) is 20.2. The lowest BCUT2D eigenvalue weighted by Gasteiger charge is -2.23. The lowest BCUT2D eigenvalue weighted by molar-refractivity contribution is 0.105. The van der Waals surface area contributed by atoms with Crippen molar-refractivity contribution in [2.45, 2.75) is 26.5 Å². The second-order valence-electron chi connectivity index (χ2n) is 6.25. The first-order valence-electron chi connectivity index (χ1n) is 9.48. The van der Waals surface area contributed by atoms with Crippen LogP contribution in [0, 0.1) is 0 Å². The Labute approximate surface area is 190 Å². The molecule has 0 bridgehead atoms. The number of methoxy groups -OCH3 is 2. The maximum atomic E-state index is 5.60. The maximum absolute atomic E-state index is 5.60. The van der Waals surface area contributed by atoms with Crippen molar-refractivity contribution in [1.29, 1.82) is 0 Å². The molecule has 0 amide bonds. The van der Waals surface area contributed by atoms with Gasteiger partial charge in [0, 0.05) is 44.9 Å². The number of rotatable bonds is 11. The number of hydrogen-bond acceptors (Lipinski definition) is 5. The van der Waals surface area contributed by atoms with Crippen LogP contribution in [0.2, 0.25) is 0 Å². The van der Waals surface area contributed by atoms with Gasteiger partial charge in [0.25, 0.3) is 0 Å². The van der Waals surface area contributed by atoms with Gasteiger partial charge in [-0.3, -0.25) is 4.99 Å². The number of benzene rings is 1. The van der Waals surface area contributed by atoms with E-state index in [0.717, 1.165) is 41.7 Å². The second-order valence-corrected chi connectivity index (χ2v) is 6.25. The van der Waals surface area contributed by atoms with Gasteiger partial charge in [-0.1, -0.05) is 0 Å². The minimum absolute atomic E-state index is 0. The number of furan rings is 1. The Kier molecular flexibility index (Phi) is 12.2. The van der Waals surface area contributed by atoms with Gasteiger partial charge in [0.05, 0.1) is 20.5 Å². The van der Waals surface area contributed by atoms with Crippen molar-refractivity contribution in [2.24, 2.45) is 4.99 Å². The fourth-order valence-electron chi connectivity index (χ4n) is 2.70. The third kappa shape index (κ3) is 8.53. The molecule has 0 aliphatic heterocycles. The van der Waals surface area contributed by atoms with E-state index in [9.17, 15) is 0 Å². The summed E-state index contributed by atoms with van der Waals surface area (Å²) in [5, 5.41) is 3.33. The van der Waals surface area contributed by atoms with Gasteiger partial charge in [0.15, 0.2) is 5.96 Å². The Bertz CT molecular complexity index is 723. The third-order valence-corrected chi connectivity index (χ3v) is 4.13. The minimum Gasteiger partial charge on any atom is -0.497 e. The monoisotopic (exact) mass is 517 g/mol. The molecule has 1 aromatic carbocycles. The molecule has 0 aliphatic rings. The van der Waals surface area contributed by atoms with Crippen molar-refractivity contribution in [1.82, 2.24) is 10.2 Å². The summed E-state index contributed by atoms with van der Waals surface area (Å²) in [7, 11) is 5.33. The number of halogens is 1. The van der Waals surface area contributed by atoms with Crippen LogP contribution in [-0.4, -0.2) is 51.8 Å². The molecule has 162 valence electrons. The number of guanidine groups is 1. The highest BCUT2D eigenvalue weighted by Crippen LogP contribution is 2.25. The number of nitrogens with one attached hydrogen (secondary N) is 1. The van der Waals surface area contributed by atoms with Crippen molar-refractivity contribution >= 4 is 29.9 Å². The van der Waals surface area contributed by atoms with E-state index in [2.05, 4.69) is 17.1 Å². The van der Waals surface area contributed by atoms with Gasteiger partial charge in [-0.2, -0.15) is 0 Å². The standard InChI is InChI=1S/C21H31N3O4.HI/c1-5-22-21(23-11-7-12-27-16-19-8-6-13-28-19)24(2)15-17-9-10-18(25-3)14-20(17)26-4;/h6,8-10,13-14H,5,7,11-12,15-16H2,1-4H3,(H,22,23);1H. The highest BCUT2D eigenvalue weighted by Gasteiger charge is 2.11. The van der Waals surface area contributed by atoms with Gasteiger partial charge in [0.1, 0.15) is 23.9 Å². The number of hydrogen-bond donors (Lipinski definition) is 1. The molecule has 0 atom stereocenters. The molecular weight excluding hydrogens is 485 g/mol. The molecule has 0 saturated heterocycles. The molecule has 1 aromatic heterocycles. The van der Waals surface area contributed by atoms with E-state index in [-0.39, 0.29) is 24.0 Å². The van der Waals surface area contributed by atoms with Crippen LogP contribution >= 0.6 is 24.0 Å². The van der Waals surface area contributed by atoms with E-state index in [1.165, 1.54) is 0 Å². The van der Waals surface area contributed by atoms with E-state index < -0.39 is 0 Å². The van der Waals surface area contributed by atoms with E-state index in [1.54, 1.807) is 20.5 Å². The van der Waals surface area contributed by atoms with Gasteiger partial charge < -0.3 is 28.8 Å². The molecule has 0 saturated carbocycles. The first-order chi connectivity index (χ1) is 13.7. The number of ether oxygens (including phenoxy) is 3. The van der Waals surface area contributed by atoms with E-state index in [0.29, 0.717) is 26.3 Å². The topological polar surface area (TPSA) is 68.5 Å². The first-order valence-corrected chi connectivity index (χ1v) is 9.48. The Hall–Kier alpha value is -1.94. The molecule has 1 N–H and O–H groups in total.